The van der Waals surface area contributed by atoms with Crippen molar-refractivity contribution in [3.05, 3.63) is 42.0 Å². The average molecular weight is 471 g/mol. The Labute approximate surface area is 161 Å². The van der Waals surface area contributed by atoms with Gasteiger partial charge >= 0.3 is 138 Å². The maximum absolute atomic E-state index is 9.01. The molecule has 2 rings (SSSR count). The van der Waals surface area contributed by atoms with Gasteiger partial charge in [-0.2, -0.15) is 0 Å². The van der Waals surface area contributed by atoms with Crippen molar-refractivity contribution in [1.82, 2.24) is 0 Å². The summed E-state index contributed by atoms with van der Waals surface area (Å²) in [6, 6.07) is 0. The van der Waals surface area contributed by atoms with Crippen LogP contribution in [0, 0.1) is 0 Å². The van der Waals surface area contributed by atoms with Gasteiger partial charge in [-0.3, -0.25) is 0 Å². The fourth-order valence-corrected chi connectivity index (χ4v) is 14.2. The first-order valence-corrected chi connectivity index (χ1v) is 21.7. The van der Waals surface area contributed by atoms with Gasteiger partial charge < -0.3 is 0 Å². The van der Waals surface area contributed by atoms with Gasteiger partial charge in [-0.1, -0.05) is 0 Å². The Hall–Kier alpha value is 0.560. The number of aliphatic hydroxyl groups is 2. The van der Waals surface area contributed by atoms with Crippen LogP contribution in [0.15, 0.2) is 42.0 Å². The van der Waals surface area contributed by atoms with Crippen LogP contribution in [-0.4, -0.2) is 30.3 Å². The Morgan fingerprint density at radius 3 is 1.58 bits per heavy atom. The van der Waals surface area contributed by atoms with Crippen molar-refractivity contribution in [2.24, 2.45) is 0 Å². The zero-order valence-electron chi connectivity index (χ0n) is 14.9. The molecule has 0 aromatic rings. The van der Waals surface area contributed by atoms with Crippen LogP contribution in [0.5, 0.6) is 0 Å². The van der Waals surface area contributed by atoms with E-state index in [2.05, 4.69) is 40.4 Å². The zero-order valence-corrected chi connectivity index (χ0v) is 20.4. The van der Waals surface area contributed by atoms with Crippen molar-refractivity contribution >= 4 is 31.7 Å². The summed E-state index contributed by atoms with van der Waals surface area (Å²) in [6.45, 7) is 2.86. The molecule has 0 bridgehead atoms. The standard InChI is InChI=1S/2C8H11O.2CH3.2ClH.H2Si.Zr/c2*9-7-3-6-8-4-1-2-5-8;;;;;;/h2*4-5,9H,1,3,6-7H2;2*1H3;2*1H;1H2;. The van der Waals surface area contributed by atoms with Gasteiger partial charge in [0.1, 0.15) is 0 Å². The molecule has 0 saturated carbocycles. The second-order valence-electron chi connectivity index (χ2n) is 7.65. The summed E-state index contributed by atoms with van der Waals surface area (Å²) >= 11 is -2.96. The molecule has 0 unspecified atom stereocenters. The monoisotopic (exact) mass is 468 g/mol. The van der Waals surface area contributed by atoms with Crippen LogP contribution >= 0.6 is 24.8 Å². The van der Waals surface area contributed by atoms with Gasteiger partial charge in [0.2, 0.25) is 0 Å². The van der Waals surface area contributed by atoms with Crippen molar-refractivity contribution in [2.75, 3.05) is 13.2 Å². The molecule has 6 heteroatoms. The molecule has 0 atom stereocenters. The molecule has 138 valence electrons. The quantitative estimate of drug-likeness (QED) is 0.524. The molecule has 0 aliphatic heterocycles. The third kappa shape index (κ3) is 5.79. The van der Waals surface area contributed by atoms with E-state index in [9.17, 15) is 0 Å². The summed E-state index contributed by atoms with van der Waals surface area (Å²) in [5.74, 6) is 0. The van der Waals surface area contributed by atoms with Crippen LogP contribution in [0.25, 0.3) is 0 Å². The first-order valence-electron chi connectivity index (χ1n) is 8.45. The molecular formula is C18H32Cl2O2SiZr. The van der Waals surface area contributed by atoms with E-state index < -0.39 is 17.4 Å². The summed E-state index contributed by atoms with van der Waals surface area (Å²) in [5.41, 5.74) is 2.85. The van der Waals surface area contributed by atoms with Crippen LogP contribution in [0.3, 0.4) is 0 Å². The second kappa shape index (κ2) is 10.0. The van der Waals surface area contributed by atoms with E-state index in [1.54, 1.807) is 6.56 Å². The Balaban J connectivity index is 0.00000264. The molecule has 0 fully saturated rings. The molecule has 0 spiro atoms. The summed E-state index contributed by atoms with van der Waals surface area (Å²) < 4.78 is 8.50. The van der Waals surface area contributed by atoms with Crippen molar-refractivity contribution in [2.45, 2.75) is 47.8 Å². The molecule has 2 nitrogen and oxygen atoms in total. The number of hydrogen-bond donors (Lipinski definition) is 2. The Morgan fingerprint density at radius 2 is 1.25 bits per heavy atom. The number of aliphatic hydroxyl groups excluding tert-OH is 2. The Kier molecular flexibility index (Phi) is 10.3. The summed E-state index contributed by atoms with van der Waals surface area (Å²) in [6.07, 6.45) is 15.6. The van der Waals surface area contributed by atoms with Gasteiger partial charge in [-0.05, 0) is 0 Å². The first-order chi connectivity index (χ1) is 10.4. The third-order valence-corrected chi connectivity index (χ3v) is 22.4. The average Bonchev–Trinajstić information content (AvgIpc) is 3.12. The van der Waals surface area contributed by atoms with Crippen molar-refractivity contribution in [3.63, 3.8) is 0 Å². The molecule has 2 aliphatic rings. The van der Waals surface area contributed by atoms with Gasteiger partial charge in [-0.25, -0.2) is 0 Å². The van der Waals surface area contributed by atoms with E-state index in [1.165, 1.54) is 11.1 Å². The molecule has 0 radical (unpaired) electrons. The number of hydrogen-bond acceptors (Lipinski definition) is 2. The SMILES string of the molecule is Cl.Cl.[CH3][Zr]([CH3])(=[SiH2])([C]1=CC(CCCO)=CC1)[C]1=CC(CCCO)=CC1. The third-order valence-electron chi connectivity index (χ3n) is 5.19. The van der Waals surface area contributed by atoms with E-state index in [-0.39, 0.29) is 38.0 Å². The molecule has 0 amide bonds. The minimum atomic E-state index is -2.96. The van der Waals surface area contributed by atoms with Crippen molar-refractivity contribution in [1.29, 1.82) is 0 Å². The predicted molar refractivity (Wildman–Crippen MR) is 109 cm³/mol. The fraction of sp³-hybridized carbons (Fsp3) is 0.556. The second-order valence-corrected chi connectivity index (χ2v) is 36.6. The maximum atomic E-state index is 9.01. The molecule has 0 aromatic carbocycles. The van der Waals surface area contributed by atoms with E-state index in [4.69, 9.17) is 10.2 Å². The first kappa shape index (κ1) is 24.6. The van der Waals surface area contributed by atoms with E-state index >= 15 is 0 Å². The Morgan fingerprint density at radius 1 is 0.875 bits per heavy atom. The summed E-state index contributed by atoms with van der Waals surface area (Å²) in [4.78, 5) is 0. The fourth-order valence-electron chi connectivity index (χ4n) is 3.40. The molecule has 24 heavy (non-hydrogen) atoms. The molecule has 2 N–H and O–H groups in total. The van der Waals surface area contributed by atoms with Gasteiger partial charge in [-0.15, -0.1) is 24.8 Å². The van der Waals surface area contributed by atoms with Crippen molar-refractivity contribution < 1.29 is 27.6 Å². The van der Waals surface area contributed by atoms with Gasteiger partial charge in [0.05, 0.1) is 0 Å². The normalized spacial score (nSPS) is 17.4. The number of rotatable bonds is 8. The Bertz CT molecular complexity index is 579. The molecular weight excluding hydrogens is 438 g/mol. The number of halogens is 2. The molecule has 0 aromatic heterocycles. The minimum absolute atomic E-state index is 0. The van der Waals surface area contributed by atoms with Crippen LogP contribution in [0.2, 0.25) is 9.26 Å². The predicted octanol–water partition coefficient (Wildman–Crippen LogP) is 4.14. The van der Waals surface area contributed by atoms with Crippen molar-refractivity contribution in [3.8, 4) is 0 Å². The van der Waals surface area contributed by atoms with Crippen LogP contribution < -0.4 is 0 Å². The van der Waals surface area contributed by atoms with Gasteiger partial charge in [0, 0.05) is 0 Å². The van der Waals surface area contributed by atoms with Crippen LogP contribution in [0.4, 0.5) is 0 Å². The van der Waals surface area contributed by atoms with Crippen LogP contribution in [-0.2, 0) is 17.4 Å². The molecule has 0 heterocycles. The zero-order chi connectivity index (χ0) is 16.2. The summed E-state index contributed by atoms with van der Waals surface area (Å²) in [7, 11) is 0. The molecule has 2 aliphatic carbocycles. The summed E-state index contributed by atoms with van der Waals surface area (Å²) in [5, 5.41) is 18.0. The van der Waals surface area contributed by atoms with E-state index in [0.29, 0.717) is 0 Å². The van der Waals surface area contributed by atoms with Gasteiger partial charge in [0.25, 0.3) is 0 Å². The van der Waals surface area contributed by atoms with E-state index in [0.717, 1.165) is 38.5 Å². The molecule has 0 saturated heterocycles. The number of allylic oxidation sites excluding steroid dienone is 8. The van der Waals surface area contributed by atoms with E-state index in [1.807, 2.05) is 0 Å². The van der Waals surface area contributed by atoms with Gasteiger partial charge in [0.15, 0.2) is 0 Å². The topological polar surface area (TPSA) is 40.5 Å². The van der Waals surface area contributed by atoms with Crippen LogP contribution in [0.1, 0.15) is 38.5 Å².